The number of aryl methyl sites for hydroxylation is 1. The molecular weight excluding hydrogens is 446 g/mol. The van der Waals surface area contributed by atoms with Crippen molar-refractivity contribution in [1.29, 1.82) is 0 Å². The average molecular weight is 482 g/mol. The first kappa shape index (κ1) is 24.2. The first-order valence-corrected chi connectivity index (χ1v) is 13.0. The van der Waals surface area contributed by atoms with Crippen LogP contribution in [0.25, 0.3) is 21.9 Å². The van der Waals surface area contributed by atoms with Gasteiger partial charge in [-0.1, -0.05) is 36.8 Å². The van der Waals surface area contributed by atoms with E-state index in [0.29, 0.717) is 0 Å². The summed E-state index contributed by atoms with van der Waals surface area (Å²) in [5.41, 5.74) is 3.48. The molecule has 0 aromatic heterocycles. The van der Waals surface area contributed by atoms with Gasteiger partial charge in [0, 0.05) is 10.9 Å². The molecule has 0 spiro atoms. The Morgan fingerprint density at radius 3 is 2.11 bits per heavy atom. The van der Waals surface area contributed by atoms with Crippen molar-refractivity contribution >= 4 is 10.8 Å². The van der Waals surface area contributed by atoms with Crippen LogP contribution >= 0.6 is 0 Å². The molecular formula is C32H35NO3. The van der Waals surface area contributed by atoms with Gasteiger partial charge in [-0.05, 0) is 110 Å². The van der Waals surface area contributed by atoms with Gasteiger partial charge in [0.15, 0.2) is 0 Å². The third-order valence-corrected chi connectivity index (χ3v) is 7.11. The molecule has 0 saturated carbocycles. The Bertz CT molecular complexity index is 1280. The van der Waals surface area contributed by atoms with Crippen LogP contribution in [0.15, 0.2) is 78.9 Å². The van der Waals surface area contributed by atoms with Gasteiger partial charge in [-0.2, -0.15) is 0 Å². The number of piperidine rings is 1. The minimum absolute atomic E-state index is 0.833. The molecule has 0 N–H and O–H groups in total. The molecule has 0 radical (unpaired) electrons. The second-order valence-electron chi connectivity index (χ2n) is 9.51. The highest BCUT2D eigenvalue weighted by molar-refractivity contribution is 5.96. The lowest BCUT2D eigenvalue weighted by Crippen LogP contribution is -2.30. The fraction of sp³-hybridized carbons (Fsp3) is 0.312. The standard InChI is InChI=1S/C32H35NO3/c1-34-27-15-10-25(11-16-27)30-18-12-26-23-29(35-2)17-19-31(26)32(30)36-28-13-8-24(9-14-28)7-6-22-33-20-4-3-5-21-33/h8-19,23H,3-7,20-22H2,1-2H3. The third kappa shape index (κ3) is 5.66. The van der Waals surface area contributed by atoms with E-state index in [1.165, 1.54) is 50.9 Å². The summed E-state index contributed by atoms with van der Waals surface area (Å²) in [6.45, 7) is 3.73. The van der Waals surface area contributed by atoms with Crippen LogP contribution in [0.2, 0.25) is 0 Å². The second-order valence-corrected chi connectivity index (χ2v) is 9.51. The number of benzene rings is 4. The number of ether oxygens (including phenoxy) is 3. The van der Waals surface area contributed by atoms with Crippen LogP contribution in [-0.2, 0) is 6.42 Å². The van der Waals surface area contributed by atoms with Gasteiger partial charge in [0.1, 0.15) is 23.0 Å². The number of methoxy groups -OCH3 is 2. The first-order valence-electron chi connectivity index (χ1n) is 13.0. The predicted molar refractivity (Wildman–Crippen MR) is 148 cm³/mol. The molecule has 1 saturated heterocycles. The summed E-state index contributed by atoms with van der Waals surface area (Å²) < 4.78 is 17.4. The SMILES string of the molecule is COc1ccc(-c2ccc3cc(OC)ccc3c2Oc2ccc(CCCN3CCCCC3)cc2)cc1. The number of hydrogen-bond acceptors (Lipinski definition) is 4. The van der Waals surface area contributed by atoms with Crippen LogP contribution in [0.3, 0.4) is 0 Å². The second kappa shape index (κ2) is 11.5. The Hall–Kier alpha value is -3.50. The minimum Gasteiger partial charge on any atom is -0.497 e. The molecule has 0 amide bonds. The van der Waals surface area contributed by atoms with Gasteiger partial charge in [-0.25, -0.2) is 0 Å². The minimum atomic E-state index is 0.833. The molecule has 4 nitrogen and oxygen atoms in total. The highest BCUT2D eigenvalue weighted by Crippen LogP contribution is 2.41. The Kier molecular flexibility index (Phi) is 7.73. The number of hydrogen-bond donors (Lipinski definition) is 0. The number of likely N-dealkylation sites (tertiary alicyclic amines) is 1. The zero-order valence-corrected chi connectivity index (χ0v) is 21.3. The molecule has 0 unspecified atom stereocenters. The van der Waals surface area contributed by atoms with E-state index in [2.05, 4.69) is 59.5 Å². The zero-order valence-electron chi connectivity index (χ0n) is 21.3. The van der Waals surface area contributed by atoms with Crippen molar-refractivity contribution in [3.63, 3.8) is 0 Å². The number of rotatable bonds is 9. The van der Waals surface area contributed by atoms with Gasteiger partial charge in [0.05, 0.1) is 14.2 Å². The zero-order chi connectivity index (χ0) is 24.7. The van der Waals surface area contributed by atoms with Crippen molar-refractivity contribution in [2.75, 3.05) is 33.9 Å². The highest BCUT2D eigenvalue weighted by Gasteiger charge is 2.14. The van der Waals surface area contributed by atoms with Crippen molar-refractivity contribution in [3.8, 4) is 34.1 Å². The molecule has 186 valence electrons. The highest BCUT2D eigenvalue weighted by atomic mass is 16.5. The van der Waals surface area contributed by atoms with E-state index in [0.717, 1.165) is 51.3 Å². The molecule has 5 rings (SSSR count). The number of nitrogens with zero attached hydrogens (tertiary/aromatic N) is 1. The van der Waals surface area contributed by atoms with E-state index in [1.807, 2.05) is 24.3 Å². The summed E-state index contributed by atoms with van der Waals surface area (Å²) in [6.07, 6.45) is 6.40. The molecule has 0 aliphatic carbocycles. The number of fused-ring (bicyclic) bond motifs is 1. The van der Waals surface area contributed by atoms with Crippen LogP contribution in [0.4, 0.5) is 0 Å². The van der Waals surface area contributed by atoms with Gasteiger partial charge < -0.3 is 19.1 Å². The molecule has 4 aromatic rings. The molecule has 1 aliphatic rings. The van der Waals surface area contributed by atoms with Crippen LogP contribution in [0, 0.1) is 0 Å². The van der Waals surface area contributed by atoms with Gasteiger partial charge >= 0.3 is 0 Å². The molecule has 1 aliphatic heterocycles. The van der Waals surface area contributed by atoms with Crippen molar-refractivity contribution in [2.45, 2.75) is 32.1 Å². The fourth-order valence-corrected chi connectivity index (χ4v) is 5.05. The lowest BCUT2D eigenvalue weighted by molar-refractivity contribution is 0.226. The third-order valence-electron chi connectivity index (χ3n) is 7.11. The maximum absolute atomic E-state index is 6.58. The van der Waals surface area contributed by atoms with Crippen molar-refractivity contribution in [1.82, 2.24) is 4.90 Å². The Balaban J connectivity index is 1.38. The van der Waals surface area contributed by atoms with Gasteiger partial charge in [-0.3, -0.25) is 0 Å². The molecule has 0 bridgehead atoms. The quantitative estimate of drug-likeness (QED) is 0.245. The summed E-state index contributed by atoms with van der Waals surface area (Å²) in [5.74, 6) is 3.35. The Morgan fingerprint density at radius 2 is 1.39 bits per heavy atom. The average Bonchev–Trinajstić information content (AvgIpc) is 2.94. The van der Waals surface area contributed by atoms with E-state index in [1.54, 1.807) is 14.2 Å². The van der Waals surface area contributed by atoms with Crippen LogP contribution in [0.5, 0.6) is 23.0 Å². The van der Waals surface area contributed by atoms with E-state index in [-0.39, 0.29) is 0 Å². The van der Waals surface area contributed by atoms with E-state index in [4.69, 9.17) is 14.2 Å². The largest absolute Gasteiger partial charge is 0.497 e. The van der Waals surface area contributed by atoms with Crippen molar-refractivity contribution in [3.05, 3.63) is 84.4 Å². The van der Waals surface area contributed by atoms with Crippen LogP contribution in [0.1, 0.15) is 31.2 Å². The fourth-order valence-electron chi connectivity index (χ4n) is 5.05. The molecule has 1 fully saturated rings. The molecule has 4 heteroatoms. The topological polar surface area (TPSA) is 30.9 Å². The Morgan fingerprint density at radius 1 is 0.694 bits per heavy atom. The monoisotopic (exact) mass is 481 g/mol. The summed E-state index contributed by atoms with van der Waals surface area (Å²) in [7, 11) is 3.38. The summed E-state index contributed by atoms with van der Waals surface area (Å²) >= 11 is 0. The van der Waals surface area contributed by atoms with Gasteiger partial charge in [-0.15, -0.1) is 0 Å². The van der Waals surface area contributed by atoms with Crippen molar-refractivity contribution in [2.24, 2.45) is 0 Å². The normalized spacial score (nSPS) is 14.1. The van der Waals surface area contributed by atoms with Crippen molar-refractivity contribution < 1.29 is 14.2 Å². The lowest BCUT2D eigenvalue weighted by Gasteiger charge is -2.26. The first-order chi connectivity index (χ1) is 17.7. The van der Waals surface area contributed by atoms with E-state index < -0.39 is 0 Å². The predicted octanol–water partition coefficient (Wildman–Crippen LogP) is 7.73. The Labute approximate surface area is 214 Å². The molecule has 36 heavy (non-hydrogen) atoms. The van der Waals surface area contributed by atoms with Crippen LogP contribution in [-0.4, -0.2) is 38.8 Å². The maximum atomic E-state index is 6.58. The molecule has 1 heterocycles. The summed E-state index contributed by atoms with van der Waals surface area (Å²) in [4.78, 5) is 2.61. The van der Waals surface area contributed by atoms with E-state index in [9.17, 15) is 0 Å². The molecule has 0 atom stereocenters. The smallest absolute Gasteiger partial charge is 0.143 e. The lowest BCUT2D eigenvalue weighted by atomic mass is 9.99. The molecule has 4 aromatic carbocycles. The van der Waals surface area contributed by atoms with E-state index >= 15 is 0 Å². The van der Waals surface area contributed by atoms with Gasteiger partial charge in [0.25, 0.3) is 0 Å². The summed E-state index contributed by atoms with van der Waals surface area (Å²) in [5, 5.41) is 2.13. The van der Waals surface area contributed by atoms with Gasteiger partial charge in [0.2, 0.25) is 0 Å². The maximum Gasteiger partial charge on any atom is 0.143 e. The van der Waals surface area contributed by atoms with Crippen LogP contribution < -0.4 is 14.2 Å². The summed E-state index contributed by atoms with van der Waals surface area (Å²) in [6, 6.07) is 27.0.